The number of halogens is 1. The van der Waals surface area contributed by atoms with Crippen LogP contribution in [-0.2, 0) is 20.6 Å². The van der Waals surface area contributed by atoms with Crippen LogP contribution in [-0.4, -0.2) is 54.9 Å². The molecule has 0 bridgehead atoms. The van der Waals surface area contributed by atoms with Crippen LogP contribution in [0.5, 0.6) is 0 Å². The van der Waals surface area contributed by atoms with E-state index in [9.17, 15) is 9.59 Å². The second-order valence-electron chi connectivity index (χ2n) is 9.73. The van der Waals surface area contributed by atoms with Crippen molar-refractivity contribution in [2.24, 2.45) is 14.1 Å². The molecule has 0 atom stereocenters. The minimum atomic E-state index is -0.396. The van der Waals surface area contributed by atoms with Crippen LogP contribution in [0.4, 0.5) is 11.6 Å². The Morgan fingerprint density at radius 2 is 1.68 bits per heavy atom. The Labute approximate surface area is 230 Å². The minimum absolute atomic E-state index is 0.351. The Balaban J connectivity index is 1.44. The minimum Gasteiger partial charge on any atom is -0.345 e. The number of anilines is 2. The van der Waals surface area contributed by atoms with Crippen molar-refractivity contribution >= 4 is 51.7 Å². The lowest BCUT2D eigenvalue weighted by Gasteiger charge is -2.37. The molecule has 11 heteroatoms. The Bertz CT molecular complexity index is 1650. The number of hydrogen-bond donors (Lipinski definition) is 1. The zero-order valence-electron chi connectivity index (χ0n) is 21.9. The third kappa shape index (κ3) is 4.81. The van der Waals surface area contributed by atoms with E-state index in [1.807, 2.05) is 36.6 Å². The summed E-state index contributed by atoms with van der Waals surface area (Å²) in [5.74, 6) is 0.672. The number of piperazine rings is 1. The molecule has 1 fully saturated rings. The maximum atomic E-state index is 13.3. The van der Waals surface area contributed by atoms with Gasteiger partial charge in [0.2, 0.25) is 5.95 Å². The monoisotopic (exact) mass is 551 g/mol. The summed E-state index contributed by atoms with van der Waals surface area (Å²) in [6.45, 7) is 7.19. The number of imidazole rings is 1. The van der Waals surface area contributed by atoms with E-state index < -0.39 is 5.69 Å². The lowest BCUT2D eigenvalue weighted by molar-refractivity contribution is 0.386. The van der Waals surface area contributed by atoms with E-state index in [1.165, 1.54) is 11.6 Å². The maximum absolute atomic E-state index is 13.3. The summed E-state index contributed by atoms with van der Waals surface area (Å²) in [4.78, 5) is 35.0. The van der Waals surface area contributed by atoms with Crippen molar-refractivity contribution in [2.45, 2.75) is 20.4 Å². The molecule has 1 saturated heterocycles. The molecule has 198 valence electrons. The van der Waals surface area contributed by atoms with Crippen molar-refractivity contribution in [3.05, 3.63) is 85.0 Å². The van der Waals surface area contributed by atoms with Crippen molar-refractivity contribution in [2.75, 3.05) is 36.4 Å². The summed E-state index contributed by atoms with van der Waals surface area (Å²) >= 11 is 11.8. The van der Waals surface area contributed by atoms with Gasteiger partial charge in [0.1, 0.15) is 0 Å². The molecule has 3 heterocycles. The van der Waals surface area contributed by atoms with Crippen molar-refractivity contribution in [1.29, 1.82) is 0 Å². The van der Waals surface area contributed by atoms with Gasteiger partial charge in [-0.25, -0.2) is 4.79 Å². The number of aryl methyl sites for hydroxylation is 3. The van der Waals surface area contributed by atoms with Crippen molar-refractivity contribution in [3.63, 3.8) is 0 Å². The Morgan fingerprint density at radius 1 is 1.00 bits per heavy atom. The fourth-order valence-electron chi connectivity index (χ4n) is 4.77. The SMILES string of the molecule is Cc1ccc(Cn2c(N3CCN(C(=S)Nc4ccc(Cl)cc4C)CC3)nc3c2c(=O)n(C)c(=O)n3C)cc1. The zero-order chi connectivity index (χ0) is 27.1. The van der Waals surface area contributed by atoms with E-state index in [-0.39, 0.29) is 5.56 Å². The van der Waals surface area contributed by atoms with Crippen LogP contribution >= 0.6 is 23.8 Å². The molecule has 2 aromatic carbocycles. The second-order valence-corrected chi connectivity index (χ2v) is 10.5. The van der Waals surface area contributed by atoms with Crippen LogP contribution in [0, 0.1) is 13.8 Å². The van der Waals surface area contributed by atoms with Gasteiger partial charge in [0.15, 0.2) is 16.3 Å². The highest BCUT2D eigenvalue weighted by molar-refractivity contribution is 7.80. The average Bonchev–Trinajstić information content (AvgIpc) is 3.28. The predicted octanol–water partition coefficient (Wildman–Crippen LogP) is 3.27. The summed E-state index contributed by atoms with van der Waals surface area (Å²) in [6.07, 6.45) is 0. The van der Waals surface area contributed by atoms with E-state index in [0.717, 1.165) is 26.9 Å². The lowest BCUT2D eigenvalue weighted by Crippen LogP contribution is -2.50. The van der Waals surface area contributed by atoms with Crippen LogP contribution in [0.2, 0.25) is 5.02 Å². The summed E-state index contributed by atoms with van der Waals surface area (Å²) in [7, 11) is 3.15. The summed E-state index contributed by atoms with van der Waals surface area (Å²) in [5, 5.41) is 4.68. The van der Waals surface area contributed by atoms with Gasteiger partial charge in [0, 0.05) is 51.0 Å². The highest BCUT2D eigenvalue weighted by Gasteiger charge is 2.26. The molecular formula is C27H30ClN7O2S. The fraction of sp³-hybridized carbons (Fsp3) is 0.333. The van der Waals surface area contributed by atoms with Gasteiger partial charge in [-0.3, -0.25) is 18.5 Å². The van der Waals surface area contributed by atoms with Gasteiger partial charge >= 0.3 is 5.69 Å². The Hall–Kier alpha value is -3.63. The molecule has 0 spiro atoms. The number of hydrogen-bond acceptors (Lipinski definition) is 5. The van der Waals surface area contributed by atoms with Gasteiger partial charge in [0.05, 0.1) is 6.54 Å². The van der Waals surface area contributed by atoms with Gasteiger partial charge < -0.3 is 15.1 Å². The molecule has 0 unspecified atom stereocenters. The van der Waals surface area contributed by atoms with Crippen LogP contribution in [0.3, 0.4) is 0 Å². The first-order valence-corrected chi connectivity index (χ1v) is 13.2. The first-order valence-electron chi connectivity index (χ1n) is 12.4. The molecule has 1 N–H and O–H groups in total. The van der Waals surface area contributed by atoms with Crippen LogP contribution in [0.1, 0.15) is 16.7 Å². The topological polar surface area (TPSA) is 80.3 Å². The number of nitrogens with zero attached hydrogens (tertiary/aromatic N) is 6. The lowest BCUT2D eigenvalue weighted by atomic mass is 10.1. The zero-order valence-corrected chi connectivity index (χ0v) is 23.4. The largest absolute Gasteiger partial charge is 0.345 e. The maximum Gasteiger partial charge on any atom is 0.332 e. The molecule has 2 aromatic heterocycles. The quantitative estimate of drug-likeness (QED) is 0.390. The number of thiocarbonyl (C=S) groups is 1. The number of fused-ring (bicyclic) bond motifs is 1. The second kappa shape index (κ2) is 10.3. The van der Waals surface area contributed by atoms with Crippen LogP contribution in [0.25, 0.3) is 11.2 Å². The number of benzene rings is 2. The highest BCUT2D eigenvalue weighted by atomic mass is 35.5. The average molecular weight is 552 g/mol. The van der Waals surface area contributed by atoms with E-state index in [1.54, 1.807) is 7.05 Å². The molecule has 0 radical (unpaired) electrons. The third-order valence-corrected chi connectivity index (χ3v) is 7.66. The Morgan fingerprint density at radius 3 is 2.34 bits per heavy atom. The van der Waals surface area contributed by atoms with Gasteiger partial charge in [-0.1, -0.05) is 41.4 Å². The van der Waals surface area contributed by atoms with E-state index in [2.05, 4.69) is 39.4 Å². The molecule has 0 amide bonds. The standard InChI is InChI=1S/C27H30ClN7O2S/c1-17-5-7-19(8-6-17)16-35-22-23(31(3)27(37)32(4)24(22)36)30-25(35)33-11-13-34(14-12-33)26(38)29-21-10-9-20(28)15-18(21)2/h5-10,15H,11-14,16H2,1-4H3,(H,29,38). The van der Waals surface area contributed by atoms with Crippen molar-refractivity contribution < 1.29 is 0 Å². The van der Waals surface area contributed by atoms with Gasteiger partial charge in [-0.05, 0) is 55.4 Å². The molecule has 5 rings (SSSR count). The predicted molar refractivity (Wildman–Crippen MR) is 157 cm³/mol. The fourth-order valence-corrected chi connectivity index (χ4v) is 5.29. The van der Waals surface area contributed by atoms with Crippen LogP contribution < -0.4 is 21.5 Å². The normalized spacial score (nSPS) is 13.8. The van der Waals surface area contributed by atoms with Gasteiger partial charge in [-0.15, -0.1) is 0 Å². The first kappa shape index (κ1) is 26.0. The van der Waals surface area contributed by atoms with Crippen molar-refractivity contribution in [1.82, 2.24) is 23.6 Å². The molecule has 9 nitrogen and oxygen atoms in total. The smallest absolute Gasteiger partial charge is 0.332 e. The molecular weight excluding hydrogens is 522 g/mol. The first-order chi connectivity index (χ1) is 18.1. The van der Waals surface area contributed by atoms with E-state index in [0.29, 0.717) is 60.0 Å². The van der Waals surface area contributed by atoms with Gasteiger partial charge in [-0.2, -0.15) is 4.98 Å². The molecule has 38 heavy (non-hydrogen) atoms. The summed E-state index contributed by atoms with van der Waals surface area (Å²) in [6, 6.07) is 13.9. The summed E-state index contributed by atoms with van der Waals surface area (Å²) < 4.78 is 4.51. The van der Waals surface area contributed by atoms with E-state index in [4.69, 9.17) is 28.8 Å². The number of rotatable bonds is 4. The summed E-state index contributed by atoms with van der Waals surface area (Å²) in [5.41, 5.74) is 4.23. The molecule has 0 saturated carbocycles. The van der Waals surface area contributed by atoms with Gasteiger partial charge in [0.25, 0.3) is 5.56 Å². The van der Waals surface area contributed by atoms with Crippen LogP contribution in [0.15, 0.2) is 52.1 Å². The molecule has 4 aromatic rings. The number of aromatic nitrogens is 4. The molecule has 1 aliphatic heterocycles. The third-order valence-electron chi connectivity index (χ3n) is 7.07. The van der Waals surface area contributed by atoms with Crippen molar-refractivity contribution in [3.8, 4) is 0 Å². The van der Waals surface area contributed by atoms with E-state index >= 15 is 0 Å². The molecule has 0 aliphatic carbocycles. The highest BCUT2D eigenvalue weighted by Crippen LogP contribution is 2.24. The Kier molecular flexibility index (Phi) is 7.02. The molecule has 1 aliphatic rings. The number of nitrogens with one attached hydrogen (secondary N) is 1.